The minimum absolute atomic E-state index is 0.0235. The van der Waals surface area contributed by atoms with Crippen LogP contribution in [-0.4, -0.2) is 27.7 Å². The average Bonchev–Trinajstić information content (AvgIpc) is 2.86. The molecule has 0 radical (unpaired) electrons. The topological polar surface area (TPSA) is 134 Å². The van der Waals surface area contributed by atoms with Gasteiger partial charge in [-0.25, -0.2) is 16.8 Å². The molecule has 9 nitrogen and oxygen atoms in total. The van der Waals surface area contributed by atoms with E-state index in [1.54, 1.807) is 37.3 Å². The van der Waals surface area contributed by atoms with E-state index in [1.165, 1.54) is 60.9 Å². The zero-order valence-corrected chi connectivity index (χ0v) is 21.6. The van der Waals surface area contributed by atoms with Crippen LogP contribution in [0.25, 0.3) is 0 Å². The third kappa shape index (κ3) is 6.32. The van der Waals surface area contributed by atoms with Crippen LogP contribution in [0.2, 0.25) is 0 Å². The summed E-state index contributed by atoms with van der Waals surface area (Å²) in [6.07, 6.45) is 2.93. The molecule has 190 valence electrons. The normalized spacial score (nSPS) is 11.5. The summed E-state index contributed by atoms with van der Waals surface area (Å²) in [6.45, 7) is 3.56. The Hall–Kier alpha value is -4.22. The van der Waals surface area contributed by atoms with Crippen LogP contribution in [0, 0.1) is 13.8 Å². The number of pyridine rings is 1. The SMILES string of the molecule is Cc1ccc(S(=O)(=O)Nc2ccc(C(=O)Nc3ccc(S(=O)(=O)Nc4cccnc4)cc3)cc2C)cc1. The standard InChI is InChI=1S/C26H24N4O5S2/c1-18-5-10-23(11-6-18)37(34,35)30-25-14-7-20(16-19(25)2)26(31)28-21-8-12-24(13-9-21)36(32,33)29-22-4-3-15-27-17-22/h3-17,29-30H,1-2H3,(H,28,31). The summed E-state index contributed by atoms with van der Waals surface area (Å²) >= 11 is 0. The van der Waals surface area contributed by atoms with Crippen LogP contribution in [0.15, 0.2) is 101 Å². The number of rotatable bonds is 8. The Kier molecular flexibility index (Phi) is 7.28. The lowest BCUT2D eigenvalue weighted by Crippen LogP contribution is -2.16. The van der Waals surface area contributed by atoms with Gasteiger partial charge in [-0.3, -0.25) is 19.2 Å². The molecule has 0 atom stereocenters. The van der Waals surface area contributed by atoms with Crippen molar-refractivity contribution in [3.8, 4) is 0 Å². The first-order valence-electron chi connectivity index (χ1n) is 11.1. The highest BCUT2D eigenvalue weighted by molar-refractivity contribution is 7.93. The molecule has 1 heterocycles. The summed E-state index contributed by atoms with van der Waals surface area (Å²) in [7, 11) is -7.60. The Labute approximate surface area is 215 Å². The monoisotopic (exact) mass is 536 g/mol. The van der Waals surface area contributed by atoms with E-state index in [1.807, 2.05) is 6.92 Å². The van der Waals surface area contributed by atoms with Crippen molar-refractivity contribution < 1.29 is 21.6 Å². The number of amides is 1. The maximum Gasteiger partial charge on any atom is 0.261 e. The van der Waals surface area contributed by atoms with Gasteiger partial charge in [0.05, 0.1) is 27.4 Å². The smallest absolute Gasteiger partial charge is 0.261 e. The summed E-state index contributed by atoms with van der Waals surface area (Å²) in [5, 5.41) is 2.71. The summed E-state index contributed by atoms with van der Waals surface area (Å²) in [5.74, 6) is -0.430. The summed E-state index contributed by atoms with van der Waals surface area (Å²) in [6, 6.07) is 20.0. The van der Waals surface area contributed by atoms with E-state index in [9.17, 15) is 21.6 Å². The zero-order valence-electron chi connectivity index (χ0n) is 20.0. The maximum absolute atomic E-state index is 12.8. The molecule has 0 fully saturated rings. The van der Waals surface area contributed by atoms with Gasteiger partial charge in [0, 0.05) is 17.4 Å². The fourth-order valence-corrected chi connectivity index (χ4v) is 5.57. The lowest BCUT2D eigenvalue weighted by atomic mass is 10.1. The first-order valence-corrected chi connectivity index (χ1v) is 14.0. The molecule has 1 aromatic heterocycles. The number of carbonyl (C=O) groups excluding carboxylic acids is 1. The fraction of sp³-hybridized carbons (Fsp3) is 0.0769. The van der Waals surface area contributed by atoms with E-state index >= 15 is 0 Å². The molecular formula is C26H24N4O5S2. The second kappa shape index (κ2) is 10.4. The molecular weight excluding hydrogens is 512 g/mol. The first-order chi connectivity index (χ1) is 17.5. The van der Waals surface area contributed by atoms with Gasteiger partial charge >= 0.3 is 0 Å². The predicted octanol–water partition coefficient (Wildman–Crippen LogP) is 4.55. The van der Waals surface area contributed by atoms with Crippen LogP contribution in [0.5, 0.6) is 0 Å². The molecule has 4 rings (SSSR count). The number of aromatic nitrogens is 1. The Morgan fingerprint density at radius 3 is 1.95 bits per heavy atom. The molecule has 0 aliphatic carbocycles. The molecule has 0 aliphatic heterocycles. The van der Waals surface area contributed by atoms with Crippen molar-refractivity contribution in [1.82, 2.24) is 4.98 Å². The largest absolute Gasteiger partial charge is 0.322 e. The van der Waals surface area contributed by atoms with Crippen LogP contribution in [-0.2, 0) is 20.0 Å². The number of benzene rings is 3. The lowest BCUT2D eigenvalue weighted by molar-refractivity contribution is 0.102. The van der Waals surface area contributed by atoms with Crippen LogP contribution in [0.1, 0.15) is 21.5 Å². The van der Waals surface area contributed by atoms with Gasteiger partial charge < -0.3 is 5.32 Å². The van der Waals surface area contributed by atoms with Crippen LogP contribution < -0.4 is 14.8 Å². The number of nitrogens with zero attached hydrogens (tertiary/aromatic N) is 1. The minimum atomic E-state index is -3.82. The average molecular weight is 537 g/mol. The molecule has 0 bridgehead atoms. The van der Waals surface area contributed by atoms with E-state index in [0.717, 1.165) is 5.56 Å². The van der Waals surface area contributed by atoms with E-state index in [0.29, 0.717) is 28.2 Å². The molecule has 11 heteroatoms. The highest BCUT2D eigenvalue weighted by Crippen LogP contribution is 2.23. The number of hydrogen-bond donors (Lipinski definition) is 3. The van der Waals surface area contributed by atoms with E-state index < -0.39 is 26.0 Å². The molecule has 0 aliphatic rings. The van der Waals surface area contributed by atoms with Crippen molar-refractivity contribution in [2.24, 2.45) is 0 Å². The van der Waals surface area contributed by atoms with Gasteiger partial charge in [0.2, 0.25) is 0 Å². The Balaban J connectivity index is 1.43. The Morgan fingerprint density at radius 2 is 1.35 bits per heavy atom. The highest BCUT2D eigenvalue weighted by Gasteiger charge is 2.17. The molecule has 1 amide bonds. The number of nitrogens with one attached hydrogen (secondary N) is 3. The van der Waals surface area contributed by atoms with E-state index in [2.05, 4.69) is 19.7 Å². The zero-order chi connectivity index (χ0) is 26.6. The number of hydrogen-bond acceptors (Lipinski definition) is 6. The van der Waals surface area contributed by atoms with Crippen molar-refractivity contribution in [1.29, 1.82) is 0 Å². The maximum atomic E-state index is 12.8. The van der Waals surface area contributed by atoms with Crippen LogP contribution >= 0.6 is 0 Å². The second-order valence-electron chi connectivity index (χ2n) is 8.27. The van der Waals surface area contributed by atoms with Crippen molar-refractivity contribution in [3.63, 3.8) is 0 Å². The van der Waals surface area contributed by atoms with Crippen molar-refractivity contribution in [2.45, 2.75) is 23.6 Å². The molecule has 37 heavy (non-hydrogen) atoms. The number of carbonyl (C=O) groups is 1. The third-order valence-corrected chi connectivity index (χ3v) is 8.18. The lowest BCUT2D eigenvalue weighted by Gasteiger charge is -2.13. The summed E-state index contributed by atoms with van der Waals surface area (Å²) in [4.78, 5) is 16.8. The number of anilines is 3. The fourth-order valence-electron chi connectivity index (χ4n) is 3.40. The van der Waals surface area contributed by atoms with Gasteiger partial charge in [0.25, 0.3) is 26.0 Å². The summed E-state index contributed by atoms with van der Waals surface area (Å²) < 4.78 is 55.5. The van der Waals surface area contributed by atoms with Crippen LogP contribution in [0.3, 0.4) is 0 Å². The third-order valence-electron chi connectivity index (χ3n) is 5.40. The summed E-state index contributed by atoms with van der Waals surface area (Å²) in [5.41, 5.74) is 2.90. The Morgan fingerprint density at radius 1 is 0.730 bits per heavy atom. The molecule has 0 saturated carbocycles. The molecule has 4 aromatic rings. The predicted molar refractivity (Wildman–Crippen MR) is 143 cm³/mol. The second-order valence-corrected chi connectivity index (χ2v) is 11.6. The van der Waals surface area contributed by atoms with Crippen molar-refractivity contribution in [2.75, 3.05) is 14.8 Å². The van der Waals surface area contributed by atoms with Crippen LogP contribution in [0.4, 0.5) is 17.1 Å². The number of sulfonamides is 2. The first kappa shape index (κ1) is 25.9. The van der Waals surface area contributed by atoms with Crippen molar-refractivity contribution >= 4 is 43.0 Å². The number of aryl methyl sites for hydroxylation is 2. The van der Waals surface area contributed by atoms with E-state index in [4.69, 9.17) is 0 Å². The van der Waals surface area contributed by atoms with E-state index in [-0.39, 0.29) is 9.79 Å². The van der Waals surface area contributed by atoms with Crippen molar-refractivity contribution in [3.05, 3.63) is 108 Å². The minimum Gasteiger partial charge on any atom is -0.322 e. The van der Waals surface area contributed by atoms with Gasteiger partial charge in [0.1, 0.15) is 0 Å². The molecule has 3 aromatic carbocycles. The van der Waals surface area contributed by atoms with Gasteiger partial charge in [-0.2, -0.15) is 0 Å². The molecule has 0 unspecified atom stereocenters. The highest BCUT2D eigenvalue weighted by atomic mass is 32.2. The quantitative estimate of drug-likeness (QED) is 0.302. The van der Waals surface area contributed by atoms with Gasteiger partial charge in [-0.05, 0) is 86.1 Å². The van der Waals surface area contributed by atoms with Gasteiger partial charge in [-0.15, -0.1) is 0 Å². The molecule has 0 saturated heterocycles. The molecule has 3 N–H and O–H groups in total. The molecule has 0 spiro atoms. The van der Waals surface area contributed by atoms with Gasteiger partial charge in [0.15, 0.2) is 0 Å². The van der Waals surface area contributed by atoms with Gasteiger partial charge in [-0.1, -0.05) is 17.7 Å². The Bertz CT molecular complexity index is 1640.